The van der Waals surface area contributed by atoms with Crippen LogP contribution >= 0.6 is 23.1 Å². The predicted molar refractivity (Wildman–Crippen MR) is 95.0 cm³/mol. The number of carbonyl (C=O) groups excluding carboxylic acids is 1. The van der Waals surface area contributed by atoms with Gasteiger partial charge in [-0.25, -0.2) is 0 Å². The highest BCUT2D eigenvalue weighted by molar-refractivity contribution is 7.99. The lowest BCUT2D eigenvalue weighted by Gasteiger charge is -2.08. The van der Waals surface area contributed by atoms with Gasteiger partial charge in [-0.05, 0) is 38.7 Å². The van der Waals surface area contributed by atoms with Crippen molar-refractivity contribution in [3.8, 4) is 11.4 Å². The van der Waals surface area contributed by atoms with Gasteiger partial charge in [0.1, 0.15) is 0 Å². The molecular formula is C16H22N4OS2. The predicted octanol–water partition coefficient (Wildman–Crippen LogP) is 3.27. The number of thiophene rings is 1. The van der Waals surface area contributed by atoms with E-state index in [9.17, 15) is 4.79 Å². The molecule has 1 aliphatic carbocycles. The van der Waals surface area contributed by atoms with Crippen LogP contribution in [0.4, 0.5) is 0 Å². The molecule has 2 heterocycles. The smallest absolute Gasteiger partial charge is 0.230 e. The molecule has 3 rings (SSSR count). The van der Waals surface area contributed by atoms with Crippen molar-refractivity contribution in [2.45, 2.75) is 57.8 Å². The monoisotopic (exact) mass is 350 g/mol. The van der Waals surface area contributed by atoms with Gasteiger partial charge >= 0.3 is 0 Å². The molecule has 7 heteroatoms. The van der Waals surface area contributed by atoms with Crippen LogP contribution in [0.2, 0.25) is 0 Å². The van der Waals surface area contributed by atoms with Gasteiger partial charge < -0.3 is 9.88 Å². The zero-order chi connectivity index (χ0) is 16.4. The number of thioether (sulfide) groups is 1. The third-order valence-electron chi connectivity index (χ3n) is 4.01. The number of carbonyl (C=O) groups is 1. The molecule has 1 fully saturated rings. The summed E-state index contributed by atoms with van der Waals surface area (Å²) in [7, 11) is 0. The van der Waals surface area contributed by atoms with Crippen molar-refractivity contribution in [1.82, 2.24) is 20.1 Å². The van der Waals surface area contributed by atoms with E-state index in [1.165, 1.54) is 27.8 Å². The largest absolute Gasteiger partial charge is 0.353 e. The minimum absolute atomic E-state index is 0.0883. The Morgan fingerprint density at radius 2 is 2.22 bits per heavy atom. The van der Waals surface area contributed by atoms with Crippen LogP contribution in [-0.2, 0) is 17.8 Å². The Kier molecular flexibility index (Phi) is 5.06. The van der Waals surface area contributed by atoms with E-state index >= 15 is 0 Å². The molecule has 5 nitrogen and oxygen atoms in total. The number of rotatable bonds is 7. The highest BCUT2D eigenvalue weighted by atomic mass is 32.2. The molecule has 0 bridgehead atoms. The SMILES string of the molecule is CCc1c(-c2nnc(SCC(=O)NC3CC3)n2CC)csc1C. The van der Waals surface area contributed by atoms with E-state index in [-0.39, 0.29) is 5.91 Å². The van der Waals surface area contributed by atoms with Crippen molar-refractivity contribution < 1.29 is 4.79 Å². The molecule has 124 valence electrons. The minimum atomic E-state index is 0.0883. The molecule has 1 aliphatic rings. The Bertz CT molecular complexity index is 703. The molecular weight excluding hydrogens is 328 g/mol. The first kappa shape index (κ1) is 16.5. The quantitative estimate of drug-likeness (QED) is 0.779. The molecule has 2 aromatic rings. The molecule has 1 saturated carbocycles. The fourth-order valence-electron chi connectivity index (χ4n) is 2.61. The zero-order valence-corrected chi connectivity index (χ0v) is 15.4. The molecule has 0 unspecified atom stereocenters. The van der Waals surface area contributed by atoms with Crippen molar-refractivity contribution in [2.75, 3.05) is 5.75 Å². The maximum atomic E-state index is 11.9. The van der Waals surface area contributed by atoms with Gasteiger partial charge in [0.2, 0.25) is 5.91 Å². The molecule has 0 atom stereocenters. The third kappa shape index (κ3) is 3.61. The number of hydrogen-bond donors (Lipinski definition) is 1. The van der Waals surface area contributed by atoms with Crippen LogP contribution in [0.1, 0.15) is 37.1 Å². The fourth-order valence-corrected chi connectivity index (χ4v) is 4.37. The van der Waals surface area contributed by atoms with Gasteiger partial charge in [0.05, 0.1) is 5.75 Å². The summed E-state index contributed by atoms with van der Waals surface area (Å²) in [6.45, 7) is 7.21. The normalized spacial score (nSPS) is 14.2. The molecule has 1 N–H and O–H groups in total. The Hall–Kier alpha value is -1.34. The van der Waals surface area contributed by atoms with Crippen LogP contribution in [0.15, 0.2) is 10.5 Å². The van der Waals surface area contributed by atoms with Crippen LogP contribution in [0.5, 0.6) is 0 Å². The Balaban J connectivity index is 1.77. The average Bonchev–Trinajstić information content (AvgIpc) is 3.13. The summed E-state index contributed by atoms with van der Waals surface area (Å²) in [6, 6.07) is 0.406. The fraction of sp³-hybridized carbons (Fsp3) is 0.562. The molecule has 1 amide bonds. The lowest BCUT2D eigenvalue weighted by atomic mass is 10.1. The molecule has 0 spiro atoms. The molecule has 0 aromatic carbocycles. The Morgan fingerprint density at radius 1 is 1.43 bits per heavy atom. The Labute approximate surface area is 144 Å². The summed E-state index contributed by atoms with van der Waals surface area (Å²) < 4.78 is 2.11. The summed E-state index contributed by atoms with van der Waals surface area (Å²) in [4.78, 5) is 13.2. The molecule has 0 aliphatic heterocycles. The number of aryl methyl sites for hydroxylation is 1. The summed E-state index contributed by atoms with van der Waals surface area (Å²) in [5, 5.41) is 14.7. The van der Waals surface area contributed by atoms with E-state index in [1.54, 1.807) is 11.3 Å². The van der Waals surface area contributed by atoms with Gasteiger partial charge in [-0.15, -0.1) is 21.5 Å². The first-order chi connectivity index (χ1) is 11.1. The molecule has 23 heavy (non-hydrogen) atoms. The van der Waals surface area contributed by atoms with E-state index in [2.05, 4.69) is 46.2 Å². The topological polar surface area (TPSA) is 59.8 Å². The lowest BCUT2D eigenvalue weighted by Crippen LogP contribution is -2.27. The standard InChI is InChI=1S/C16H22N4OS2/c1-4-12-10(3)22-8-13(12)15-18-19-16(20(15)5-2)23-9-14(21)17-11-6-7-11/h8,11H,4-7,9H2,1-3H3,(H,17,21). The van der Waals surface area contributed by atoms with E-state index in [0.717, 1.165) is 36.8 Å². The average molecular weight is 351 g/mol. The maximum absolute atomic E-state index is 11.9. The third-order valence-corrected chi connectivity index (χ3v) is 5.93. The minimum Gasteiger partial charge on any atom is -0.353 e. The summed E-state index contributed by atoms with van der Waals surface area (Å²) in [5.41, 5.74) is 2.53. The second kappa shape index (κ2) is 7.05. The van der Waals surface area contributed by atoms with E-state index in [4.69, 9.17) is 0 Å². The van der Waals surface area contributed by atoms with Crippen LogP contribution < -0.4 is 5.32 Å². The number of hydrogen-bond acceptors (Lipinski definition) is 5. The second-order valence-corrected chi connectivity index (χ2v) is 7.74. The van der Waals surface area contributed by atoms with Crippen molar-refractivity contribution in [2.24, 2.45) is 0 Å². The Morgan fingerprint density at radius 3 is 2.87 bits per heavy atom. The van der Waals surface area contributed by atoms with Crippen molar-refractivity contribution >= 4 is 29.0 Å². The van der Waals surface area contributed by atoms with Crippen LogP contribution in [0, 0.1) is 6.92 Å². The number of amides is 1. The van der Waals surface area contributed by atoms with Gasteiger partial charge in [-0.1, -0.05) is 18.7 Å². The summed E-state index contributed by atoms with van der Waals surface area (Å²) in [5.74, 6) is 1.40. The lowest BCUT2D eigenvalue weighted by molar-refractivity contribution is -0.118. The highest BCUT2D eigenvalue weighted by Gasteiger charge is 2.24. The van der Waals surface area contributed by atoms with Crippen molar-refractivity contribution in [3.05, 3.63) is 15.8 Å². The van der Waals surface area contributed by atoms with Crippen LogP contribution in [0.3, 0.4) is 0 Å². The molecule has 0 radical (unpaired) electrons. The highest BCUT2D eigenvalue weighted by Crippen LogP contribution is 2.32. The van der Waals surface area contributed by atoms with Gasteiger partial charge in [0.25, 0.3) is 0 Å². The number of nitrogens with zero attached hydrogens (tertiary/aromatic N) is 3. The molecule has 0 saturated heterocycles. The first-order valence-electron chi connectivity index (χ1n) is 8.06. The van der Waals surface area contributed by atoms with Gasteiger partial charge in [-0.3, -0.25) is 4.79 Å². The summed E-state index contributed by atoms with van der Waals surface area (Å²) in [6.07, 6.45) is 3.22. The van der Waals surface area contributed by atoms with E-state index in [0.29, 0.717) is 11.8 Å². The summed E-state index contributed by atoms with van der Waals surface area (Å²) >= 11 is 3.22. The van der Waals surface area contributed by atoms with Crippen molar-refractivity contribution in [3.63, 3.8) is 0 Å². The van der Waals surface area contributed by atoms with E-state index < -0.39 is 0 Å². The van der Waals surface area contributed by atoms with Gasteiger partial charge in [0, 0.05) is 28.4 Å². The van der Waals surface area contributed by atoms with Crippen molar-refractivity contribution in [1.29, 1.82) is 0 Å². The van der Waals surface area contributed by atoms with E-state index in [1.807, 2.05) is 0 Å². The van der Waals surface area contributed by atoms with Crippen LogP contribution in [-0.4, -0.2) is 32.5 Å². The first-order valence-corrected chi connectivity index (χ1v) is 9.93. The number of nitrogens with one attached hydrogen (secondary N) is 1. The second-order valence-electron chi connectivity index (χ2n) is 5.72. The van der Waals surface area contributed by atoms with Gasteiger partial charge in [0.15, 0.2) is 11.0 Å². The number of aromatic nitrogens is 3. The van der Waals surface area contributed by atoms with Crippen LogP contribution in [0.25, 0.3) is 11.4 Å². The van der Waals surface area contributed by atoms with Gasteiger partial charge in [-0.2, -0.15) is 0 Å². The maximum Gasteiger partial charge on any atom is 0.230 e. The zero-order valence-electron chi connectivity index (χ0n) is 13.8. The molecule has 2 aromatic heterocycles.